The topological polar surface area (TPSA) is 52.6 Å². The maximum Gasteiger partial charge on any atom is 0.324 e. The fourth-order valence-corrected chi connectivity index (χ4v) is 2.49. The molecule has 0 radical (unpaired) electrons. The van der Waals surface area contributed by atoms with Gasteiger partial charge in [-0.2, -0.15) is 0 Å². The van der Waals surface area contributed by atoms with Crippen molar-refractivity contribution in [3.05, 3.63) is 11.6 Å². The summed E-state index contributed by atoms with van der Waals surface area (Å²) in [5, 5.41) is 0. The summed E-state index contributed by atoms with van der Waals surface area (Å²) in [6, 6.07) is 0. The molecule has 18 heavy (non-hydrogen) atoms. The third kappa shape index (κ3) is 2.28. The molecule has 1 rings (SSSR count). The van der Waals surface area contributed by atoms with Gasteiger partial charge in [-0.15, -0.1) is 0 Å². The largest absolute Gasteiger partial charge is 0.465 e. The number of hydrogen-bond acceptors (Lipinski definition) is 4. The van der Waals surface area contributed by atoms with Crippen LogP contribution in [0.3, 0.4) is 0 Å². The second kappa shape index (κ2) is 6.03. The Morgan fingerprint density at radius 2 is 1.72 bits per heavy atom. The van der Waals surface area contributed by atoms with Crippen molar-refractivity contribution in [3.8, 4) is 0 Å². The third-order valence-electron chi connectivity index (χ3n) is 3.71. The highest BCUT2D eigenvalue weighted by molar-refractivity contribution is 6.02. The number of esters is 2. The molecule has 0 bridgehead atoms. The minimum Gasteiger partial charge on any atom is -0.465 e. The highest BCUT2D eigenvalue weighted by Crippen LogP contribution is 2.52. The molecule has 0 aliphatic heterocycles. The second-order valence-corrected chi connectivity index (χ2v) is 4.54. The highest BCUT2D eigenvalue weighted by Gasteiger charge is 2.61. The fraction of sp³-hybridized carbons (Fsp3) is 0.714. The van der Waals surface area contributed by atoms with Gasteiger partial charge in [0.15, 0.2) is 5.41 Å². The lowest BCUT2D eigenvalue weighted by Gasteiger charge is -2.45. The lowest BCUT2D eigenvalue weighted by atomic mass is 9.57. The van der Waals surface area contributed by atoms with Crippen molar-refractivity contribution in [2.24, 2.45) is 11.3 Å². The molecule has 0 N–H and O–H groups in total. The van der Waals surface area contributed by atoms with Crippen LogP contribution in [0, 0.1) is 11.3 Å². The average Bonchev–Trinajstić information content (AvgIpc) is 2.28. The number of carbonyl (C=O) groups is 2. The Bertz CT molecular complexity index is 339. The van der Waals surface area contributed by atoms with E-state index in [9.17, 15) is 9.59 Å². The normalized spacial score (nSPS) is 22.0. The van der Waals surface area contributed by atoms with E-state index in [0.717, 1.165) is 12.0 Å². The maximum atomic E-state index is 12.1. The van der Waals surface area contributed by atoms with Crippen molar-refractivity contribution in [3.63, 3.8) is 0 Å². The van der Waals surface area contributed by atoms with Crippen molar-refractivity contribution in [2.45, 2.75) is 40.5 Å². The van der Waals surface area contributed by atoms with Crippen LogP contribution in [0.2, 0.25) is 0 Å². The van der Waals surface area contributed by atoms with Gasteiger partial charge in [-0.05, 0) is 40.5 Å². The molecule has 0 amide bonds. The molecule has 102 valence electrons. The predicted molar refractivity (Wildman–Crippen MR) is 67.9 cm³/mol. The van der Waals surface area contributed by atoms with E-state index in [4.69, 9.17) is 9.47 Å². The van der Waals surface area contributed by atoms with E-state index in [1.165, 1.54) is 0 Å². The van der Waals surface area contributed by atoms with Crippen LogP contribution in [0.15, 0.2) is 11.6 Å². The van der Waals surface area contributed by atoms with E-state index in [1.54, 1.807) is 13.8 Å². The molecule has 0 aromatic rings. The summed E-state index contributed by atoms with van der Waals surface area (Å²) in [7, 11) is 0. The fourth-order valence-electron chi connectivity index (χ4n) is 2.49. The standard InChI is InChI=1S/C14H22O4/c1-5-10(4)11-8-9-14(11,12(15)17-6-2)13(16)18-7-3/h5,11H,6-9H2,1-4H3/b10-5+/t11-/m1/s1. The molecule has 0 aromatic heterocycles. The zero-order valence-electron chi connectivity index (χ0n) is 11.6. The van der Waals surface area contributed by atoms with Crippen molar-refractivity contribution >= 4 is 11.9 Å². The highest BCUT2D eigenvalue weighted by atomic mass is 16.6. The van der Waals surface area contributed by atoms with Crippen LogP contribution >= 0.6 is 0 Å². The Morgan fingerprint density at radius 3 is 2.00 bits per heavy atom. The Kier molecular flexibility index (Phi) is 4.93. The van der Waals surface area contributed by atoms with Gasteiger partial charge in [0.05, 0.1) is 13.2 Å². The molecule has 0 heterocycles. The summed E-state index contributed by atoms with van der Waals surface area (Å²) < 4.78 is 10.1. The molecule has 0 saturated heterocycles. The first kappa shape index (κ1) is 14.7. The number of hydrogen-bond donors (Lipinski definition) is 0. The van der Waals surface area contributed by atoms with Gasteiger partial charge in [0, 0.05) is 5.92 Å². The van der Waals surface area contributed by atoms with E-state index in [0.29, 0.717) is 6.42 Å². The van der Waals surface area contributed by atoms with Crippen molar-refractivity contribution < 1.29 is 19.1 Å². The zero-order chi connectivity index (χ0) is 13.8. The molecule has 1 atom stereocenters. The van der Waals surface area contributed by atoms with Crippen molar-refractivity contribution in [1.82, 2.24) is 0 Å². The van der Waals surface area contributed by atoms with Gasteiger partial charge in [0.2, 0.25) is 0 Å². The Labute approximate surface area is 108 Å². The summed E-state index contributed by atoms with van der Waals surface area (Å²) >= 11 is 0. The van der Waals surface area contributed by atoms with E-state index in [1.807, 2.05) is 19.9 Å². The van der Waals surface area contributed by atoms with Crippen LogP contribution in [0.4, 0.5) is 0 Å². The van der Waals surface area contributed by atoms with Crippen LogP contribution in [0.25, 0.3) is 0 Å². The van der Waals surface area contributed by atoms with Crippen LogP contribution in [0.1, 0.15) is 40.5 Å². The molecule has 1 saturated carbocycles. The molecular formula is C14H22O4. The molecule has 0 unspecified atom stereocenters. The van der Waals surface area contributed by atoms with Crippen LogP contribution in [-0.4, -0.2) is 25.2 Å². The van der Waals surface area contributed by atoms with Gasteiger partial charge in [-0.1, -0.05) is 11.6 Å². The van der Waals surface area contributed by atoms with Crippen LogP contribution < -0.4 is 0 Å². The van der Waals surface area contributed by atoms with Crippen molar-refractivity contribution in [2.75, 3.05) is 13.2 Å². The molecule has 4 heteroatoms. The Balaban J connectivity index is 3.03. The van der Waals surface area contributed by atoms with Crippen LogP contribution in [0.5, 0.6) is 0 Å². The SMILES string of the molecule is C/C=C(\C)[C@H]1CCC1(C(=O)OCC)C(=O)OCC. The second-order valence-electron chi connectivity index (χ2n) is 4.54. The molecular weight excluding hydrogens is 232 g/mol. The molecule has 1 fully saturated rings. The van der Waals surface area contributed by atoms with Gasteiger partial charge in [0.25, 0.3) is 0 Å². The van der Waals surface area contributed by atoms with E-state index < -0.39 is 17.4 Å². The zero-order valence-corrected chi connectivity index (χ0v) is 11.6. The average molecular weight is 254 g/mol. The van der Waals surface area contributed by atoms with Gasteiger partial charge in [-0.25, -0.2) is 0 Å². The molecule has 1 aliphatic carbocycles. The quantitative estimate of drug-likeness (QED) is 0.429. The first-order valence-corrected chi connectivity index (χ1v) is 6.51. The molecule has 1 aliphatic rings. The van der Waals surface area contributed by atoms with Crippen LogP contribution in [-0.2, 0) is 19.1 Å². The van der Waals surface area contributed by atoms with E-state index in [2.05, 4.69) is 0 Å². The summed E-state index contributed by atoms with van der Waals surface area (Å²) in [6.45, 7) is 7.90. The lowest BCUT2D eigenvalue weighted by Crippen LogP contribution is -2.54. The number of rotatable bonds is 5. The smallest absolute Gasteiger partial charge is 0.324 e. The van der Waals surface area contributed by atoms with Gasteiger partial charge < -0.3 is 9.47 Å². The summed E-state index contributed by atoms with van der Waals surface area (Å²) in [5.41, 5.74) is -0.0647. The minimum absolute atomic E-state index is 0.0828. The third-order valence-corrected chi connectivity index (χ3v) is 3.71. The lowest BCUT2D eigenvalue weighted by molar-refractivity contribution is -0.184. The maximum absolute atomic E-state index is 12.1. The first-order valence-electron chi connectivity index (χ1n) is 6.51. The predicted octanol–water partition coefficient (Wildman–Crippen LogP) is 2.48. The van der Waals surface area contributed by atoms with Gasteiger partial charge >= 0.3 is 11.9 Å². The monoisotopic (exact) mass is 254 g/mol. The summed E-state index contributed by atoms with van der Waals surface area (Å²) in [6.07, 6.45) is 3.28. The number of allylic oxidation sites excluding steroid dienone is 2. The minimum atomic E-state index is -1.11. The number of ether oxygens (including phenoxy) is 2. The van der Waals surface area contributed by atoms with E-state index >= 15 is 0 Å². The molecule has 0 spiro atoms. The molecule has 4 nitrogen and oxygen atoms in total. The Morgan fingerprint density at radius 1 is 1.22 bits per heavy atom. The summed E-state index contributed by atoms with van der Waals surface area (Å²) in [5.74, 6) is -0.970. The Hall–Kier alpha value is -1.32. The first-order chi connectivity index (χ1) is 8.54. The van der Waals surface area contributed by atoms with Gasteiger partial charge in [0.1, 0.15) is 0 Å². The van der Waals surface area contributed by atoms with Gasteiger partial charge in [-0.3, -0.25) is 9.59 Å². The van der Waals surface area contributed by atoms with Crippen molar-refractivity contribution in [1.29, 1.82) is 0 Å². The summed E-state index contributed by atoms with van der Waals surface area (Å²) in [4.78, 5) is 24.3. The number of carbonyl (C=O) groups excluding carboxylic acids is 2. The van der Waals surface area contributed by atoms with E-state index in [-0.39, 0.29) is 19.1 Å². The molecule has 0 aromatic carbocycles.